The maximum Gasteiger partial charge on any atom is 0.303 e. The molecule has 2 aromatic carbocycles. The summed E-state index contributed by atoms with van der Waals surface area (Å²) < 4.78 is 10.9. The molecule has 1 aliphatic rings. The van der Waals surface area contributed by atoms with E-state index >= 15 is 0 Å². The van der Waals surface area contributed by atoms with E-state index in [1.54, 1.807) is 18.9 Å². The van der Waals surface area contributed by atoms with Crippen LogP contribution >= 0.6 is 11.8 Å². The first-order valence-electron chi connectivity index (χ1n) is 9.66. The van der Waals surface area contributed by atoms with Gasteiger partial charge in [-0.15, -0.1) is 11.8 Å². The van der Waals surface area contributed by atoms with Gasteiger partial charge in [-0.3, -0.25) is 9.59 Å². The summed E-state index contributed by atoms with van der Waals surface area (Å²) in [7, 11) is 5.60. The van der Waals surface area contributed by atoms with Gasteiger partial charge in [0.2, 0.25) is 0 Å². The molecule has 0 bridgehead atoms. The zero-order chi connectivity index (χ0) is 21.0. The zero-order valence-corrected chi connectivity index (χ0v) is 18.1. The molecule has 29 heavy (non-hydrogen) atoms. The van der Waals surface area contributed by atoms with Crippen LogP contribution in [0, 0.1) is 0 Å². The van der Waals surface area contributed by atoms with Crippen molar-refractivity contribution >= 4 is 23.5 Å². The van der Waals surface area contributed by atoms with Gasteiger partial charge >= 0.3 is 5.97 Å². The van der Waals surface area contributed by atoms with Crippen molar-refractivity contribution in [3.63, 3.8) is 0 Å². The maximum absolute atomic E-state index is 13.6. The monoisotopic (exact) mass is 413 g/mol. The first-order valence-corrected chi connectivity index (χ1v) is 10.5. The normalized spacial score (nSPS) is 21.4. The van der Waals surface area contributed by atoms with Crippen molar-refractivity contribution in [2.24, 2.45) is 0 Å². The van der Waals surface area contributed by atoms with E-state index in [0.29, 0.717) is 6.42 Å². The van der Waals surface area contributed by atoms with Crippen molar-refractivity contribution in [1.82, 2.24) is 4.90 Å². The Hall–Kier alpha value is -2.31. The minimum absolute atomic E-state index is 0.0414. The predicted octanol–water partition coefficient (Wildman–Crippen LogP) is 4.08. The molecule has 3 rings (SSSR count). The number of rotatable bonds is 6. The number of thioether (sulfide) groups is 1. The Morgan fingerprint density at radius 2 is 1.79 bits per heavy atom. The number of carbonyl (C=O) groups excluding carboxylic acids is 2. The molecular formula is C23H27NO4S. The third-order valence-electron chi connectivity index (χ3n) is 5.05. The Morgan fingerprint density at radius 3 is 2.41 bits per heavy atom. The molecule has 0 spiro atoms. The van der Waals surface area contributed by atoms with Crippen LogP contribution < -0.4 is 4.74 Å². The standard InChI is InChI=1S/C23H27NO4S/c1-15(25)28-22-21(26)19(13-14-24(2)3)18-7-5-6-8-20(18)29-23(22)16-9-11-17(27-4)12-10-16/h5-12,19,22-23H,13-14H2,1-4H3/t19?,22?,23-/m0/s1. The molecule has 1 aliphatic heterocycles. The fraction of sp³-hybridized carbons (Fsp3) is 0.391. The Kier molecular flexibility index (Phi) is 6.98. The van der Waals surface area contributed by atoms with E-state index in [2.05, 4.69) is 4.90 Å². The molecule has 5 nitrogen and oxygen atoms in total. The van der Waals surface area contributed by atoms with E-state index in [-0.39, 0.29) is 17.0 Å². The highest BCUT2D eigenvalue weighted by atomic mass is 32.2. The van der Waals surface area contributed by atoms with Crippen LogP contribution in [0.25, 0.3) is 0 Å². The van der Waals surface area contributed by atoms with Crippen LogP contribution in [-0.4, -0.2) is 50.5 Å². The number of fused-ring (bicyclic) bond motifs is 1. The molecule has 3 atom stereocenters. The number of Topliss-reactive ketones (excluding diaryl/α,β-unsaturated/α-hetero) is 1. The molecule has 0 N–H and O–H groups in total. The van der Waals surface area contributed by atoms with Gasteiger partial charge in [-0.1, -0.05) is 30.3 Å². The van der Waals surface area contributed by atoms with Crippen LogP contribution in [0.2, 0.25) is 0 Å². The molecular weight excluding hydrogens is 386 g/mol. The first kappa shape index (κ1) is 21.4. The van der Waals surface area contributed by atoms with Gasteiger partial charge in [0.15, 0.2) is 11.9 Å². The number of ether oxygens (including phenoxy) is 2. The highest BCUT2D eigenvalue weighted by molar-refractivity contribution is 7.99. The molecule has 0 saturated carbocycles. The summed E-state index contributed by atoms with van der Waals surface area (Å²) in [5, 5.41) is -0.317. The van der Waals surface area contributed by atoms with Gasteiger partial charge in [0.25, 0.3) is 0 Å². The molecule has 1 heterocycles. The quantitative estimate of drug-likeness (QED) is 0.665. The second-order valence-corrected chi connectivity index (χ2v) is 8.61. The largest absolute Gasteiger partial charge is 0.497 e. The van der Waals surface area contributed by atoms with E-state index in [0.717, 1.165) is 28.3 Å². The van der Waals surface area contributed by atoms with Gasteiger partial charge in [-0.25, -0.2) is 0 Å². The van der Waals surface area contributed by atoms with Crippen molar-refractivity contribution in [3.05, 3.63) is 59.7 Å². The van der Waals surface area contributed by atoms with Crippen LogP contribution in [-0.2, 0) is 14.3 Å². The summed E-state index contributed by atoms with van der Waals surface area (Å²) in [5.74, 6) is -0.0548. The van der Waals surface area contributed by atoms with Gasteiger partial charge in [-0.05, 0) is 56.4 Å². The Morgan fingerprint density at radius 1 is 1.10 bits per heavy atom. The average Bonchev–Trinajstić information content (AvgIpc) is 2.81. The second-order valence-electron chi connectivity index (χ2n) is 7.43. The highest BCUT2D eigenvalue weighted by Gasteiger charge is 2.41. The Balaban J connectivity index is 2.06. The second kappa shape index (κ2) is 9.46. The number of ketones is 1. The van der Waals surface area contributed by atoms with E-state index in [1.165, 1.54) is 6.92 Å². The van der Waals surface area contributed by atoms with Crippen LogP contribution in [0.4, 0.5) is 0 Å². The molecule has 0 radical (unpaired) electrons. The molecule has 0 saturated heterocycles. The Bertz CT molecular complexity index is 865. The van der Waals surface area contributed by atoms with Crippen LogP contribution in [0.1, 0.15) is 35.6 Å². The molecule has 2 aromatic rings. The molecule has 6 heteroatoms. The minimum Gasteiger partial charge on any atom is -0.497 e. The highest BCUT2D eigenvalue weighted by Crippen LogP contribution is 2.47. The summed E-state index contributed by atoms with van der Waals surface area (Å²) in [4.78, 5) is 28.6. The van der Waals surface area contributed by atoms with Crippen molar-refractivity contribution in [1.29, 1.82) is 0 Å². The van der Waals surface area contributed by atoms with Crippen LogP contribution in [0.15, 0.2) is 53.4 Å². The van der Waals surface area contributed by atoms with Crippen LogP contribution in [0.5, 0.6) is 5.75 Å². The summed E-state index contributed by atoms with van der Waals surface area (Å²) in [6.45, 7) is 2.13. The molecule has 154 valence electrons. The summed E-state index contributed by atoms with van der Waals surface area (Å²) in [6.07, 6.45) is -0.165. The molecule has 0 amide bonds. The van der Waals surface area contributed by atoms with Gasteiger partial charge in [-0.2, -0.15) is 0 Å². The SMILES string of the molecule is COc1ccc([C@@H]2Sc3ccccc3C(CCN(C)C)C(=O)C2OC(C)=O)cc1. The number of nitrogens with zero attached hydrogens (tertiary/aromatic N) is 1. The predicted molar refractivity (Wildman–Crippen MR) is 115 cm³/mol. The molecule has 0 aliphatic carbocycles. The fourth-order valence-electron chi connectivity index (χ4n) is 3.60. The minimum atomic E-state index is -0.842. The van der Waals surface area contributed by atoms with Crippen molar-refractivity contribution in [2.75, 3.05) is 27.7 Å². The molecule has 2 unspecified atom stereocenters. The van der Waals surface area contributed by atoms with Crippen molar-refractivity contribution in [3.8, 4) is 5.75 Å². The number of benzene rings is 2. The lowest BCUT2D eigenvalue weighted by atomic mass is 9.87. The maximum atomic E-state index is 13.6. The van der Waals surface area contributed by atoms with Gasteiger partial charge in [0.1, 0.15) is 5.75 Å². The molecule has 0 aromatic heterocycles. The first-order chi connectivity index (χ1) is 13.9. The van der Waals surface area contributed by atoms with E-state index in [4.69, 9.17) is 9.47 Å². The van der Waals surface area contributed by atoms with Crippen molar-refractivity contribution < 1.29 is 19.1 Å². The van der Waals surface area contributed by atoms with Gasteiger partial charge in [0.05, 0.1) is 12.4 Å². The number of hydrogen-bond acceptors (Lipinski definition) is 6. The fourth-order valence-corrected chi connectivity index (χ4v) is 4.98. The van der Waals surface area contributed by atoms with Crippen LogP contribution in [0.3, 0.4) is 0 Å². The lowest BCUT2D eigenvalue weighted by Gasteiger charge is -2.26. The lowest BCUT2D eigenvalue weighted by molar-refractivity contribution is -0.153. The van der Waals surface area contributed by atoms with E-state index < -0.39 is 12.1 Å². The third-order valence-corrected chi connectivity index (χ3v) is 6.45. The zero-order valence-electron chi connectivity index (χ0n) is 17.3. The number of esters is 1. The van der Waals surface area contributed by atoms with E-state index in [1.807, 2.05) is 62.6 Å². The Labute approximate surface area is 176 Å². The number of carbonyl (C=O) groups is 2. The average molecular weight is 414 g/mol. The van der Waals surface area contributed by atoms with Crippen molar-refractivity contribution in [2.45, 2.75) is 35.5 Å². The summed E-state index contributed by atoms with van der Waals surface area (Å²) in [5.41, 5.74) is 1.94. The number of methoxy groups -OCH3 is 1. The summed E-state index contributed by atoms with van der Waals surface area (Å²) >= 11 is 1.58. The lowest BCUT2D eigenvalue weighted by Crippen LogP contribution is -2.35. The van der Waals surface area contributed by atoms with E-state index in [9.17, 15) is 9.59 Å². The topological polar surface area (TPSA) is 55.8 Å². The van der Waals surface area contributed by atoms with Gasteiger partial charge < -0.3 is 14.4 Å². The van der Waals surface area contributed by atoms with Gasteiger partial charge in [0, 0.05) is 17.7 Å². The number of hydrogen-bond donors (Lipinski definition) is 0. The summed E-state index contributed by atoms with van der Waals surface area (Å²) in [6, 6.07) is 15.6. The molecule has 0 fully saturated rings. The smallest absolute Gasteiger partial charge is 0.303 e. The third kappa shape index (κ3) is 5.00.